The highest BCUT2D eigenvalue weighted by Gasteiger charge is 2.33. The molecule has 2 atom stereocenters. The first-order valence-corrected chi connectivity index (χ1v) is 6.39. The van der Waals surface area contributed by atoms with Gasteiger partial charge in [0.25, 0.3) is 0 Å². The van der Waals surface area contributed by atoms with Crippen LogP contribution in [-0.4, -0.2) is 31.6 Å². The highest BCUT2D eigenvalue weighted by Crippen LogP contribution is 2.36. The summed E-state index contributed by atoms with van der Waals surface area (Å²) in [6.07, 6.45) is 1.14. The molecule has 1 N–H and O–H groups in total. The van der Waals surface area contributed by atoms with Gasteiger partial charge in [-0.2, -0.15) is 0 Å². The Morgan fingerprint density at radius 3 is 2.88 bits per heavy atom. The van der Waals surface area contributed by atoms with Gasteiger partial charge in [0.15, 0.2) is 0 Å². The van der Waals surface area contributed by atoms with Crippen molar-refractivity contribution < 1.29 is 4.39 Å². The van der Waals surface area contributed by atoms with Crippen LogP contribution in [0.2, 0.25) is 0 Å². The summed E-state index contributed by atoms with van der Waals surface area (Å²) in [5, 5.41) is 3.38. The van der Waals surface area contributed by atoms with Crippen molar-refractivity contribution >= 4 is 0 Å². The molecule has 1 aromatic rings. The fourth-order valence-electron chi connectivity index (χ4n) is 2.78. The van der Waals surface area contributed by atoms with E-state index in [0.717, 1.165) is 31.6 Å². The van der Waals surface area contributed by atoms with Crippen LogP contribution >= 0.6 is 0 Å². The standard InChI is InChI=1S/C14H21FN2/c1-3-16-10-11-8-9-17(2)14(11)12-6-4-5-7-13(12)15/h4-7,11,14,16H,3,8-10H2,1-2H3. The van der Waals surface area contributed by atoms with E-state index in [1.807, 2.05) is 12.1 Å². The molecule has 2 unspecified atom stereocenters. The number of nitrogens with one attached hydrogen (secondary N) is 1. The predicted molar refractivity (Wildman–Crippen MR) is 68.4 cm³/mol. The van der Waals surface area contributed by atoms with E-state index in [1.165, 1.54) is 0 Å². The average molecular weight is 236 g/mol. The average Bonchev–Trinajstić information content (AvgIpc) is 2.69. The Hall–Kier alpha value is -0.930. The van der Waals surface area contributed by atoms with Gasteiger partial charge in [-0.15, -0.1) is 0 Å². The molecule has 0 aliphatic carbocycles. The van der Waals surface area contributed by atoms with Gasteiger partial charge in [-0.1, -0.05) is 25.1 Å². The topological polar surface area (TPSA) is 15.3 Å². The molecule has 1 aromatic carbocycles. The third-order valence-electron chi connectivity index (χ3n) is 3.65. The van der Waals surface area contributed by atoms with E-state index in [4.69, 9.17) is 0 Å². The minimum absolute atomic E-state index is 0.0762. The first-order chi connectivity index (χ1) is 8.24. The fraction of sp³-hybridized carbons (Fsp3) is 0.571. The minimum atomic E-state index is -0.0762. The number of hydrogen-bond acceptors (Lipinski definition) is 2. The first kappa shape index (κ1) is 12.5. The number of likely N-dealkylation sites (tertiary alicyclic amines) is 1. The van der Waals surface area contributed by atoms with Gasteiger partial charge < -0.3 is 5.32 Å². The molecule has 1 aliphatic rings. The van der Waals surface area contributed by atoms with E-state index in [9.17, 15) is 4.39 Å². The molecule has 0 saturated carbocycles. The van der Waals surface area contributed by atoms with Gasteiger partial charge in [-0.25, -0.2) is 4.39 Å². The van der Waals surface area contributed by atoms with Crippen LogP contribution in [-0.2, 0) is 0 Å². The van der Waals surface area contributed by atoms with Crippen LogP contribution in [0.25, 0.3) is 0 Å². The maximum atomic E-state index is 13.9. The summed E-state index contributed by atoms with van der Waals surface area (Å²) in [6.45, 7) is 5.11. The van der Waals surface area contributed by atoms with Crippen LogP contribution in [0.3, 0.4) is 0 Å². The predicted octanol–water partition coefficient (Wildman–Crippen LogP) is 2.43. The van der Waals surface area contributed by atoms with Crippen molar-refractivity contribution in [3.05, 3.63) is 35.6 Å². The molecule has 2 nitrogen and oxygen atoms in total. The van der Waals surface area contributed by atoms with Crippen LogP contribution in [0.1, 0.15) is 24.9 Å². The molecule has 0 amide bonds. The number of rotatable bonds is 4. The summed E-state index contributed by atoms with van der Waals surface area (Å²) < 4.78 is 13.9. The highest BCUT2D eigenvalue weighted by atomic mass is 19.1. The summed E-state index contributed by atoms with van der Waals surface area (Å²) in [4.78, 5) is 2.26. The lowest BCUT2D eigenvalue weighted by Gasteiger charge is -2.26. The van der Waals surface area contributed by atoms with Crippen LogP contribution in [0.4, 0.5) is 4.39 Å². The lowest BCUT2D eigenvalue weighted by molar-refractivity contribution is 0.266. The number of halogens is 1. The Morgan fingerprint density at radius 2 is 2.18 bits per heavy atom. The Morgan fingerprint density at radius 1 is 1.41 bits per heavy atom. The molecule has 1 aliphatic heterocycles. The van der Waals surface area contributed by atoms with E-state index < -0.39 is 0 Å². The smallest absolute Gasteiger partial charge is 0.127 e. The molecule has 1 heterocycles. The molecule has 1 fully saturated rings. The number of hydrogen-bond donors (Lipinski definition) is 1. The number of benzene rings is 1. The summed E-state index contributed by atoms with van der Waals surface area (Å²) in [5.74, 6) is 0.435. The van der Waals surface area contributed by atoms with Gasteiger partial charge >= 0.3 is 0 Å². The Balaban J connectivity index is 2.18. The minimum Gasteiger partial charge on any atom is -0.317 e. The zero-order chi connectivity index (χ0) is 12.3. The van der Waals surface area contributed by atoms with Gasteiger partial charge in [0, 0.05) is 11.6 Å². The summed E-state index contributed by atoms with van der Waals surface area (Å²) in [7, 11) is 2.09. The second kappa shape index (κ2) is 5.61. The monoisotopic (exact) mass is 236 g/mol. The molecule has 0 bridgehead atoms. The van der Waals surface area contributed by atoms with E-state index in [-0.39, 0.29) is 11.9 Å². The third kappa shape index (κ3) is 2.67. The summed E-state index contributed by atoms with van der Waals surface area (Å²) in [5.41, 5.74) is 0.843. The van der Waals surface area contributed by atoms with Gasteiger partial charge in [0.1, 0.15) is 5.82 Å². The SMILES string of the molecule is CCNCC1CCN(C)C1c1ccccc1F. The van der Waals surface area contributed by atoms with Crippen molar-refractivity contribution in [3.63, 3.8) is 0 Å². The molecule has 3 heteroatoms. The number of nitrogens with zero attached hydrogens (tertiary/aromatic N) is 1. The zero-order valence-electron chi connectivity index (χ0n) is 10.6. The highest BCUT2D eigenvalue weighted by molar-refractivity contribution is 5.23. The van der Waals surface area contributed by atoms with Crippen molar-refractivity contribution in [3.8, 4) is 0 Å². The van der Waals surface area contributed by atoms with E-state index >= 15 is 0 Å². The summed E-state index contributed by atoms with van der Waals surface area (Å²) >= 11 is 0. The van der Waals surface area contributed by atoms with Crippen LogP contribution in [0, 0.1) is 11.7 Å². The molecule has 2 rings (SSSR count). The molecule has 0 aromatic heterocycles. The van der Waals surface area contributed by atoms with Crippen molar-refractivity contribution in [2.45, 2.75) is 19.4 Å². The van der Waals surface area contributed by atoms with Crippen molar-refractivity contribution in [1.29, 1.82) is 0 Å². The van der Waals surface area contributed by atoms with Gasteiger partial charge in [0.2, 0.25) is 0 Å². The molecule has 94 valence electrons. The van der Waals surface area contributed by atoms with E-state index in [2.05, 4.69) is 24.2 Å². The van der Waals surface area contributed by atoms with Crippen LogP contribution in [0.5, 0.6) is 0 Å². The summed E-state index contributed by atoms with van der Waals surface area (Å²) in [6, 6.07) is 7.38. The van der Waals surface area contributed by atoms with Gasteiger partial charge in [-0.3, -0.25) is 4.90 Å². The molecule has 17 heavy (non-hydrogen) atoms. The van der Waals surface area contributed by atoms with E-state index in [0.29, 0.717) is 5.92 Å². The van der Waals surface area contributed by atoms with Crippen molar-refractivity contribution in [2.24, 2.45) is 5.92 Å². The van der Waals surface area contributed by atoms with E-state index in [1.54, 1.807) is 12.1 Å². The molecular formula is C14H21FN2. The van der Waals surface area contributed by atoms with Crippen LogP contribution in [0.15, 0.2) is 24.3 Å². The Labute approximate surface area is 103 Å². The zero-order valence-corrected chi connectivity index (χ0v) is 10.6. The lowest BCUT2D eigenvalue weighted by atomic mass is 9.93. The quantitative estimate of drug-likeness (QED) is 0.863. The largest absolute Gasteiger partial charge is 0.317 e. The lowest BCUT2D eigenvalue weighted by Crippen LogP contribution is -2.29. The second-order valence-electron chi connectivity index (χ2n) is 4.80. The van der Waals surface area contributed by atoms with Crippen molar-refractivity contribution in [2.75, 3.05) is 26.7 Å². The van der Waals surface area contributed by atoms with Crippen LogP contribution < -0.4 is 5.32 Å². The van der Waals surface area contributed by atoms with Gasteiger partial charge in [0.05, 0.1) is 0 Å². The second-order valence-corrected chi connectivity index (χ2v) is 4.80. The van der Waals surface area contributed by atoms with Gasteiger partial charge in [-0.05, 0) is 45.1 Å². The third-order valence-corrected chi connectivity index (χ3v) is 3.65. The maximum absolute atomic E-state index is 13.9. The first-order valence-electron chi connectivity index (χ1n) is 6.39. The molecule has 0 spiro atoms. The fourth-order valence-corrected chi connectivity index (χ4v) is 2.78. The molecule has 0 radical (unpaired) electrons. The Bertz CT molecular complexity index is 367. The van der Waals surface area contributed by atoms with Crippen molar-refractivity contribution in [1.82, 2.24) is 10.2 Å². The molecule has 1 saturated heterocycles. The normalized spacial score (nSPS) is 25.4. The maximum Gasteiger partial charge on any atom is 0.127 e. The molecular weight excluding hydrogens is 215 g/mol. The Kier molecular flexibility index (Phi) is 4.13.